The third-order valence-corrected chi connectivity index (χ3v) is 14.0. The molecule has 0 aromatic heterocycles. The average Bonchev–Trinajstić information content (AvgIpc) is 3.54. The molecule has 61 heavy (non-hydrogen) atoms. The van der Waals surface area contributed by atoms with Crippen molar-refractivity contribution in [3.8, 4) is 44.5 Å². The van der Waals surface area contributed by atoms with Crippen molar-refractivity contribution in [2.75, 3.05) is 0 Å². The van der Waals surface area contributed by atoms with E-state index in [0.29, 0.717) is 0 Å². The van der Waals surface area contributed by atoms with Crippen LogP contribution in [0.25, 0.3) is 120 Å². The SMILES string of the molecule is CC1(C)c2cc3c4ccccc4c4ccccc4c3cc2-c2c1cc(-c1ccc(-c3c4ccccc4c(-c4ccc5ccccc5c4)c4ccccc34)cc1)c1ccccc21. The fraction of sp³-hybridized carbons (Fsp3) is 0.0492. The van der Waals surface area contributed by atoms with E-state index < -0.39 is 0 Å². The largest absolute Gasteiger partial charge is 0.0616 e. The van der Waals surface area contributed by atoms with Gasteiger partial charge in [-0.05, 0) is 155 Å². The third kappa shape index (κ3) is 4.88. The predicted molar refractivity (Wildman–Crippen MR) is 263 cm³/mol. The molecule has 0 fully saturated rings. The Bertz CT molecular complexity index is 3770. The van der Waals surface area contributed by atoms with E-state index in [1.54, 1.807) is 0 Å². The van der Waals surface area contributed by atoms with Crippen LogP contribution in [0.15, 0.2) is 206 Å². The number of rotatable bonds is 3. The fourth-order valence-corrected chi connectivity index (χ4v) is 11.1. The van der Waals surface area contributed by atoms with Crippen LogP contribution in [0, 0.1) is 0 Å². The minimum Gasteiger partial charge on any atom is -0.0616 e. The van der Waals surface area contributed by atoms with Crippen LogP contribution in [-0.4, -0.2) is 0 Å². The number of fused-ring (bicyclic) bond motifs is 14. The Balaban J connectivity index is 0.992. The topological polar surface area (TPSA) is 0 Å². The first-order valence-corrected chi connectivity index (χ1v) is 21.5. The van der Waals surface area contributed by atoms with Gasteiger partial charge in [0.05, 0.1) is 0 Å². The van der Waals surface area contributed by atoms with Crippen LogP contribution >= 0.6 is 0 Å². The van der Waals surface area contributed by atoms with Crippen LogP contribution in [0.4, 0.5) is 0 Å². The first kappa shape index (κ1) is 34.3. The second-order valence-corrected chi connectivity index (χ2v) is 17.5. The zero-order chi connectivity index (χ0) is 40.4. The van der Waals surface area contributed by atoms with Crippen LogP contribution in [0.2, 0.25) is 0 Å². The Morgan fingerprint density at radius 2 is 0.656 bits per heavy atom. The van der Waals surface area contributed by atoms with Gasteiger partial charge in [0.15, 0.2) is 0 Å². The molecule has 12 aromatic rings. The van der Waals surface area contributed by atoms with E-state index in [-0.39, 0.29) is 5.41 Å². The van der Waals surface area contributed by atoms with Crippen molar-refractivity contribution in [1.29, 1.82) is 0 Å². The van der Waals surface area contributed by atoms with E-state index in [1.807, 2.05) is 0 Å². The fourth-order valence-electron chi connectivity index (χ4n) is 11.1. The maximum Gasteiger partial charge on any atom is 0.0159 e. The normalized spacial score (nSPS) is 13.2. The van der Waals surface area contributed by atoms with Gasteiger partial charge in [0, 0.05) is 5.41 Å². The zero-order valence-electron chi connectivity index (χ0n) is 34.1. The summed E-state index contributed by atoms with van der Waals surface area (Å²) in [7, 11) is 0. The molecule has 0 heteroatoms. The molecule has 0 spiro atoms. The van der Waals surface area contributed by atoms with Gasteiger partial charge >= 0.3 is 0 Å². The summed E-state index contributed by atoms with van der Waals surface area (Å²) in [4.78, 5) is 0. The van der Waals surface area contributed by atoms with E-state index >= 15 is 0 Å². The van der Waals surface area contributed by atoms with Crippen LogP contribution < -0.4 is 0 Å². The molecular weight excluding hydrogens is 733 g/mol. The lowest BCUT2D eigenvalue weighted by atomic mass is 9.79. The number of hydrogen-bond donors (Lipinski definition) is 0. The van der Waals surface area contributed by atoms with Gasteiger partial charge in [0.25, 0.3) is 0 Å². The molecule has 0 saturated heterocycles. The Morgan fingerprint density at radius 3 is 1.23 bits per heavy atom. The summed E-state index contributed by atoms with van der Waals surface area (Å²) in [6.07, 6.45) is 0. The van der Waals surface area contributed by atoms with E-state index in [2.05, 4.69) is 220 Å². The van der Waals surface area contributed by atoms with E-state index in [4.69, 9.17) is 0 Å². The summed E-state index contributed by atoms with van der Waals surface area (Å²) in [6.45, 7) is 4.85. The van der Waals surface area contributed by atoms with Crippen LogP contribution in [-0.2, 0) is 5.41 Å². The van der Waals surface area contributed by atoms with Crippen molar-refractivity contribution in [3.05, 3.63) is 217 Å². The summed E-state index contributed by atoms with van der Waals surface area (Å²) < 4.78 is 0. The molecule has 0 aliphatic heterocycles. The van der Waals surface area contributed by atoms with Crippen molar-refractivity contribution in [1.82, 2.24) is 0 Å². The van der Waals surface area contributed by atoms with Crippen LogP contribution in [0.1, 0.15) is 25.0 Å². The van der Waals surface area contributed by atoms with Gasteiger partial charge in [-0.15, -0.1) is 0 Å². The molecule has 13 rings (SSSR count). The molecule has 0 N–H and O–H groups in total. The molecule has 0 unspecified atom stereocenters. The van der Waals surface area contributed by atoms with Crippen molar-refractivity contribution in [3.63, 3.8) is 0 Å². The molecule has 0 radical (unpaired) electrons. The highest BCUT2D eigenvalue weighted by Crippen LogP contribution is 2.55. The smallest absolute Gasteiger partial charge is 0.0159 e. The number of hydrogen-bond acceptors (Lipinski definition) is 0. The van der Waals surface area contributed by atoms with Gasteiger partial charge in [-0.3, -0.25) is 0 Å². The molecule has 0 nitrogen and oxygen atoms in total. The first-order chi connectivity index (χ1) is 30.0. The van der Waals surface area contributed by atoms with Gasteiger partial charge < -0.3 is 0 Å². The summed E-state index contributed by atoms with van der Waals surface area (Å²) >= 11 is 0. The Morgan fingerprint density at radius 1 is 0.246 bits per heavy atom. The molecule has 0 amide bonds. The molecule has 1 aliphatic carbocycles. The quantitative estimate of drug-likeness (QED) is 0.124. The van der Waals surface area contributed by atoms with E-state index in [1.165, 1.54) is 131 Å². The Labute approximate surface area is 355 Å². The van der Waals surface area contributed by atoms with Gasteiger partial charge in [-0.2, -0.15) is 0 Å². The molecule has 1 aliphatic rings. The van der Waals surface area contributed by atoms with Crippen molar-refractivity contribution in [2.45, 2.75) is 19.3 Å². The molecule has 0 saturated carbocycles. The molecule has 0 bridgehead atoms. The second-order valence-electron chi connectivity index (χ2n) is 17.5. The maximum atomic E-state index is 2.52. The highest BCUT2D eigenvalue weighted by molar-refractivity contribution is 6.27. The Kier molecular flexibility index (Phi) is 7.17. The first-order valence-electron chi connectivity index (χ1n) is 21.5. The minimum atomic E-state index is -0.186. The van der Waals surface area contributed by atoms with Crippen molar-refractivity contribution < 1.29 is 0 Å². The highest BCUT2D eigenvalue weighted by Gasteiger charge is 2.38. The summed E-state index contributed by atoms with van der Waals surface area (Å²) in [5, 5.41) is 18.1. The van der Waals surface area contributed by atoms with Crippen LogP contribution in [0.5, 0.6) is 0 Å². The molecular formula is C61H40. The Hall–Kier alpha value is -7.54. The lowest BCUT2D eigenvalue weighted by Gasteiger charge is -2.23. The molecule has 0 atom stereocenters. The average molecular weight is 773 g/mol. The van der Waals surface area contributed by atoms with Crippen molar-refractivity contribution in [2.24, 2.45) is 0 Å². The summed E-state index contributed by atoms with van der Waals surface area (Å²) in [5.74, 6) is 0. The molecule has 12 aromatic carbocycles. The molecule has 284 valence electrons. The zero-order valence-corrected chi connectivity index (χ0v) is 34.1. The van der Waals surface area contributed by atoms with Gasteiger partial charge in [0.2, 0.25) is 0 Å². The maximum absolute atomic E-state index is 2.52. The monoisotopic (exact) mass is 772 g/mol. The standard InChI is InChI=1S/C61H40/c1-61(2)56-36-54-45-20-8-6-18-43(45)42-17-5-7-19-44(42)53(54)34-55(56)60-47-22-10-9-21-46(47)52(35-57(60)61)38-28-30-39(31-29-38)58-48-23-11-13-25-50(48)59(51-26-14-12-24-49(51)58)41-32-27-37-15-3-4-16-40(37)33-41/h3-36H,1-2H3. The third-order valence-electron chi connectivity index (χ3n) is 14.0. The van der Waals surface area contributed by atoms with Gasteiger partial charge in [-0.25, -0.2) is 0 Å². The van der Waals surface area contributed by atoms with Crippen LogP contribution in [0.3, 0.4) is 0 Å². The lowest BCUT2D eigenvalue weighted by Crippen LogP contribution is -2.15. The predicted octanol–water partition coefficient (Wildman–Crippen LogP) is 17.1. The molecule has 0 heterocycles. The lowest BCUT2D eigenvalue weighted by molar-refractivity contribution is 0.662. The summed E-state index contributed by atoms with van der Waals surface area (Å²) in [5.41, 5.74) is 12.9. The number of benzene rings is 12. The van der Waals surface area contributed by atoms with Gasteiger partial charge in [-0.1, -0.05) is 196 Å². The summed E-state index contributed by atoms with van der Waals surface area (Å²) in [6, 6.07) is 77.4. The van der Waals surface area contributed by atoms with Crippen molar-refractivity contribution >= 4 is 75.4 Å². The van der Waals surface area contributed by atoms with E-state index in [0.717, 1.165) is 0 Å². The second kappa shape index (κ2) is 12.7. The highest BCUT2D eigenvalue weighted by atomic mass is 14.4. The van der Waals surface area contributed by atoms with E-state index in [9.17, 15) is 0 Å². The van der Waals surface area contributed by atoms with Gasteiger partial charge in [0.1, 0.15) is 0 Å². The minimum absolute atomic E-state index is 0.186.